The number of alkyl halides is 1. The molecule has 290 valence electrons. The SMILES string of the molecule is C#Cc1c(F)ccc2cc(O)cc(-c3ncc4c(NCC5(N(C)C(=O)C=C)CCCC5)nc(OC[C@]5(C(C)C)C[C@@H](F)CN5C5CCOCC5)nc4c3F)c12. The zero-order valence-electron chi connectivity index (χ0n) is 31.5. The Bertz CT molecular complexity index is 2160. The number of hydrogen-bond donors (Lipinski definition) is 2. The number of ether oxygens (including phenoxy) is 2. The van der Waals surface area contributed by atoms with Gasteiger partial charge in [0, 0.05) is 63.0 Å². The maximum atomic E-state index is 17.1. The summed E-state index contributed by atoms with van der Waals surface area (Å²) in [5, 5.41) is 14.9. The first kappa shape index (κ1) is 38.3. The second kappa shape index (κ2) is 15.3. The van der Waals surface area contributed by atoms with Crippen molar-refractivity contribution in [2.24, 2.45) is 5.92 Å². The molecule has 13 heteroatoms. The van der Waals surface area contributed by atoms with Gasteiger partial charge in [0.25, 0.3) is 0 Å². The number of rotatable bonds is 11. The molecule has 2 N–H and O–H groups in total. The first-order valence-electron chi connectivity index (χ1n) is 19.0. The highest BCUT2D eigenvalue weighted by atomic mass is 19.1. The van der Waals surface area contributed by atoms with Crippen molar-refractivity contribution in [3.8, 4) is 35.4 Å². The third-order valence-electron chi connectivity index (χ3n) is 12.1. The zero-order chi connectivity index (χ0) is 39.1. The summed E-state index contributed by atoms with van der Waals surface area (Å²) in [7, 11) is 1.75. The van der Waals surface area contributed by atoms with Crippen molar-refractivity contribution in [1.29, 1.82) is 0 Å². The van der Waals surface area contributed by atoms with E-state index in [1.54, 1.807) is 11.9 Å². The molecular weight excluding hydrogens is 709 g/mol. The number of terminal acetylenes is 1. The molecule has 1 saturated carbocycles. The third kappa shape index (κ3) is 6.95. The van der Waals surface area contributed by atoms with E-state index >= 15 is 8.78 Å². The predicted octanol–water partition coefficient (Wildman–Crippen LogP) is 7.18. The van der Waals surface area contributed by atoms with Gasteiger partial charge in [-0.15, -0.1) is 6.42 Å². The molecule has 2 saturated heterocycles. The lowest BCUT2D eigenvalue weighted by molar-refractivity contribution is -0.129. The highest BCUT2D eigenvalue weighted by Gasteiger charge is 2.51. The van der Waals surface area contributed by atoms with Gasteiger partial charge in [0.1, 0.15) is 41.4 Å². The Morgan fingerprint density at radius 1 is 1.24 bits per heavy atom. The third-order valence-corrected chi connectivity index (χ3v) is 12.1. The number of halogens is 3. The average Bonchev–Trinajstić information content (AvgIpc) is 3.81. The number of nitrogens with zero attached hydrogens (tertiary/aromatic N) is 5. The van der Waals surface area contributed by atoms with Crippen LogP contribution in [-0.4, -0.2) is 99.0 Å². The van der Waals surface area contributed by atoms with Crippen LogP contribution in [0, 0.1) is 29.9 Å². The second-order valence-corrected chi connectivity index (χ2v) is 15.4. The fourth-order valence-corrected chi connectivity index (χ4v) is 8.99. The number of likely N-dealkylation sites (tertiary alicyclic amines) is 1. The van der Waals surface area contributed by atoms with E-state index in [1.165, 1.54) is 36.5 Å². The molecular formula is C42H47F3N6O4. The summed E-state index contributed by atoms with van der Waals surface area (Å²) in [6.07, 6.45) is 12.5. The van der Waals surface area contributed by atoms with Crippen LogP contribution in [0.3, 0.4) is 0 Å². The minimum Gasteiger partial charge on any atom is -0.508 e. The number of likely N-dealkylation sites (N-methyl/N-ethyl adjacent to an activating group) is 1. The standard InChI is InChI=1S/C42H47F3N6O4/c1-6-30-33(44)11-10-26-18-29(52)19-31(35(26)30)37-36(45)38-32(21-46-37)39(47-23-41(14-8-9-15-41)50(5)34(53)7-2)49-40(48-38)55-24-42(25(3)4)20-27(43)22-51(42)28-12-16-54-17-13-28/h1,7,10-11,18-19,21,25,27-28,52H,2,8-9,12-17,20,22-24H2,3-5H3,(H,47,48,49)/t27-,42+/m1/s1. The van der Waals surface area contributed by atoms with Crippen molar-refractivity contribution >= 4 is 33.4 Å². The van der Waals surface area contributed by atoms with E-state index in [-0.39, 0.29) is 94.7 Å². The van der Waals surface area contributed by atoms with Crippen LogP contribution >= 0.6 is 0 Å². The molecule has 4 heterocycles. The number of benzene rings is 2. The van der Waals surface area contributed by atoms with Gasteiger partial charge in [-0.2, -0.15) is 9.97 Å². The molecule has 2 aliphatic heterocycles. The lowest BCUT2D eigenvalue weighted by atomic mass is 9.83. The van der Waals surface area contributed by atoms with Gasteiger partial charge < -0.3 is 24.8 Å². The summed E-state index contributed by atoms with van der Waals surface area (Å²) in [6, 6.07) is 5.34. The largest absolute Gasteiger partial charge is 0.508 e. The number of aromatic hydroxyl groups is 1. The number of phenolic OH excluding ortho intramolecular Hbond substituents is 1. The number of carbonyl (C=O) groups excluding carboxylic acids is 1. The van der Waals surface area contributed by atoms with E-state index in [0.717, 1.165) is 38.5 Å². The molecule has 4 aromatic rings. The van der Waals surface area contributed by atoms with Gasteiger partial charge in [0.05, 0.1) is 22.0 Å². The summed E-state index contributed by atoms with van der Waals surface area (Å²) in [5.41, 5.74) is -1.62. The number of phenols is 1. The number of pyridine rings is 1. The summed E-state index contributed by atoms with van der Waals surface area (Å²) < 4.78 is 59.5. The van der Waals surface area contributed by atoms with Crippen LogP contribution in [0.2, 0.25) is 0 Å². The zero-order valence-corrected chi connectivity index (χ0v) is 31.5. The van der Waals surface area contributed by atoms with Crippen molar-refractivity contribution in [2.75, 3.05) is 45.3 Å². The summed E-state index contributed by atoms with van der Waals surface area (Å²) in [4.78, 5) is 30.6. The number of carbonyl (C=O) groups is 1. The Kier molecular flexibility index (Phi) is 10.7. The molecule has 0 unspecified atom stereocenters. The van der Waals surface area contributed by atoms with Crippen molar-refractivity contribution < 1.29 is 32.5 Å². The summed E-state index contributed by atoms with van der Waals surface area (Å²) in [6.45, 7) is 9.59. The molecule has 0 spiro atoms. The Morgan fingerprint density at radius 2 is 1.98 bits per heavy atom. The van der Waals surface area contributed by atoms with Crippen molar-refractivity contribution in [3.63, 3.8) is 0 Å². The van der Waals surface area contributed by atoms with Crippen molar-refractivity contribution in [3.05, 3.63) is 60.3 Å². The first-order chi connectivity index (χ1) is 26.4. The van der Waals surface area contributed by atoms with Crippen LogP contribution < -0.4 is 10.1 Å². The van der Waals surface area contributed by atoms with E-state index < -0.39 is 28.9 Å². The predicted molar refractivity (Wildman–Crippen MR) is 206 cm³/mol. The lowest BCUT2D eigenvalue weighted by Crippen LogP contribution is -2.57. The first-order valence-corrected chi connectivity index (χ1v) is 19.0. The molecule has 2 atom stereocenters. The van der Waals surface area contributed by atoms with Gasteiger partial charge in [-0.05, 0) is 61.3 Å². The van der Waals surface area contributed by atoms with Crippen molar-refractivity contribution in [1.82, 2.24) is 24.8 Å². The van der Waals surface area contributed by atoms with Gasteiger partial charge in [0.2, 0.25) is 5.91 Å². The Balaban J connectivity index is 1.34. The maximum absolute atomic E-state index is 17.1. The smallest absolute Gasteiger partial charge is 0.319 e. The van der Waals surface area contributed by atoms with Crippen LogP contribution in [0.15, 0.2) is 43.1 Å². The minimum absolute atomic E-state index is 0.00775. The minimum atomic E-state index is -1.05. The fraction of sp³-hybridized carbons (Fsp3) is 0.476. The maximum Gasteiger partial charge on any atom is 0.319 e. The molecule has 0 bridgehead atoms. The summed E-state index contributed by atoms with van der Waals surface area (Å²) >= 11 is 0. The van der Waals surface area contributed by atoms with Crippen LogP contribution in [0.25, 0.3) is 32.9 Å². The van der Waals surface area contributed by atoms with E-state index in [9.17, 15) is 14.3 Å². The number of fused-ring (bicyclic) bond motifs is 2. The Hall–Kier alpha value is -4.93. The molecule has 1 aliphatic carbocycles. The topological polar surface area (TPSA) is 113 Å². The molecule has 7 rings (SSSR count). The van der Waals surface area contributed by atoms with Crippen LogP contribution in [0.4, 0.5) is 19.0 Å². The quantitative estimate of drug-likeness (QED) is 0.122. The normalized spacial score (nSPS) is 21.6. The summed E-state index contributed by atoms with van der Waals surface area (Å²) in [5.74, 6) is 0.638. The highest BCUT2D eigenvalue weighted by Crippen LogP contribution is 2.43. The molecule has 0 radical (unpaired) electrons. The fourth-order valence-electron chi connectivity index (χ4n) is 8.99. The second-order valence-electron chi connectivity index (χ2n) is 15.4. The molecule has 2 aromatic carbocycles. The van der Waals surface area contributed by atoms with E-state index in [1.807, 2.05) is 0 Å². The van der Waals surface area contributed by atoms with E-state index in [2.05, 4.69) is 46.5 Å². The van der Waals surface area contributed by atoms with E-state index in [0.29, 0.717) is 18.6 Å². The number of aromatic nitrogens is 3. The molecule has 2 aromatic heterocycles. The van der Waals surface area contributed by atoms with Crippen LogP contribution in [0.5, 0.6) is 11.8 Å². The Labute approximate surface area is 319 Å². The van der Waals surface area contributed by atoms with Gasteiger partial charge in [-0.1, -0.05) is 45.3 Å². The van der Waals surface area contributed by atoms with E-state index in [4.69, 9.17) is 20.9 Å². The molecule has 55 heavy (non-hydrogen) atoms. The molecule has 1 amide bonds. The number of hydrogen-bond acceptors (Lipinski definition) is 9. The van der Waals surface area contributed by atoms with Gasteiger partial charge in [0.15, 0.2) is 5.82 Å². The average molecular weight is 757 g/mol. The molecule has 3 fully saturated rings. The number of amides is 1. The highest BCUT2D eigenvalue weighted by molar-refractivity contribution is 6.03. The van der Waals surface area contributed by atoms with Gasteiger partial charge >= 0.3 is 6.01 Å². The number of nitrogens with one attached hydrogen (secondary N) is 1. The molecule has 10 nitrogen and oxygen atoms in total. The van der Waals surface area contributed by atoms with Crippen molar-refractivity contribution in [2.45, 2.75) is 82.1 Å². The lowest BCUT2D eigenvalue weighted by Gasteiger charge is -2.46. The monoisotopic (exact) mass is 756 g/mol. The van der Waals surface area contributed by atoms with Gasteiger partial charge in [-0.25, -0.2) is 13.2 Å². The Morgan fingerprint density at radius 3 is 2.67 bits per heavy atom. The van der Waals surface area contributed by atoms with Crippen LogP contribution in [-0.2, 0) is 9.53 Å². The molecule has 3 aliphatic rings. The van der Waals surface area contributed by atoms with Crippen LogP contribution in [0.1, 0.15) is 64.4 Å². The number of anilines is 1. The van der Waals surface area contributed by atoms with Gasteiger partial charge in [-0.3, -0.25) is 14.7 Å².